The summed E-state index contributed by atoms with van der Waals surface area (Å²) in [5.41, 5.74) is 10.5. The Morgan fingerprint density at radius 1 is 1.03 bits per heavy atom. The molecule has 8 heteroatoms. The average molecular weight is 443 g/mol. The highest BCUT2D eigenvalue weighted by molar-refractivity contribution is 6.05. The number of hydrogen-bond donors (Lipinski definition) is 3. The average Bonchev–Trinajstić information content (AvgIpc) is 3.34. The van der Waals surface area contributed by atoms with E-state index in [1.807, 2.05) is 60.7 Å². The first-order valence-corrected chi connectivity index (χ1v) is 10.4. The van der Waals surface area contributed by atoms with Crippen molar-refractivity contribution in [2.75, 3.05) is 0 Å². The summed E-state index contributed by atoms with van der Waals surface area (Å²) in [5, 5.41) is 21.1. The van der Waals surface area contributed by atoms with Crippen LogP contribution in [0.5, 0.6) is 5.75 Å². The molecule has 0 bridgehead atoms. The minimum atomic E-state index is -1.92. The maximum Gasteiger partial charge on any atom is 0.425 e. The van der Waals surface area contributed by atoms with Crippen LogP contribution in [-0.4, -0.2) is 32.5 Å². The minimum Gasteiger partial charge on any atom is -0.507 e. The first kappa shape index (κ1) is 21.9. The van der Waals surface area contributed by atoms with Gasteiger partial charge in [-0.25, -0.2) is 4.79 Å². The van der Waals surface area contributed by atoms with Crippen LogP contribution in [0.3, 0.4) is 0 Å². The number of benzene rings is 3. The number of rotatable bonds is 7. The van der Waals surface area contributed by atoms with Gasteiger partial charge in [0.05, 0.1) is 11.8 Å². The molecule has 4 aromatic rings. The van der Waals surface area contributed by atoms with Gasteiger partial charge < -0.3 is 10.8 Å². The summed E-state index contributed by atoms with van der Waals surface area (Å²) in [5.74, 6) is -0.667. The van der Waals surface area contributed by atoms with E-state index < -0.39 is 6.16 Å². The van der Waals surface area contributed by atoms with E-state index in [1.165, 1.54) is 6.07 Å². The van der Waals surface area contributed by atoms with Gasteiger partial charge in [-0.3, -0.25) is 0 Å². The molecule has 0 aliphatic rings. The molecule has 4 rings (SSSR count). The number of carbonyl (C=O) groups excluding carboxylic acids is 1. The first-order chi connectivity index (χ1) is 16.0. The van der Waals surface area contributed by atoms with Crippen molar-refractivity contribution in [2.24, 2.45) is 10.7 Å². The second kappa shape index (κ2) is 9.86. The van der Waals surface area contributed by atoms with E-state index in [0.717, 1.165) is 22.4 Å². The van der Waals surface area contributed by atoms with Gasteiger partial charge >= 0.3 is 6.16 Å². The molecule has 1 aromatic heterocycles. The lowest BCUT2D eigenvalue weighted by Gasteiger charge is -2.22. The van der Waals surface area contributed by atoms with Gasteiger partial charge in [0.25, 0.3) is 0 Å². The number of aromatic nitrogens is 3. The highest BCUT2D eigenvalue weighted by Gasteiger charge is 2.22. The monoisotopic (exact) mass is 443 g/mol. The van der Waals surface area contributed by atoms with E-state index in [0.29, 0.717) is 18.4 Å². The smallest absolute Gasteiger partial charge is 0.425 e. The van der Waals surface area contributed by atoms with Gasteiger partial charge in [-0.15, -0.1) is 4.39 Å². The lowest BCUT2D eigenvalue weighted by Crippen LogP contribution is -2.20. The molecule has 0 saturated carbocycles. The van der Waals surface area contributed by atoms with Crippen LogP contribution in [0.25, 0.3) is 11.3 Å². The highest BCUT2D eigenvalue weighted by Crippen LogP contribution is 2.33. The third-order valence-electron chi connectivity index (χ3n) is 5.42. The lowest BCUT2D eigenvalue weighted by atomic mass is 9.83. The molecule has 3 aromatic carbocycles. The van der Waals surface area contributed by atoms with Crippen LogP contribution in [0.2, 0.25) is 0 Å². The third-order valence-corrected chi connectivity index (χ3v) is 5.42. The number of phenols is 1. The fraction of sp³-hybridized carbons (Fsp3) is 0.120. The van der Waals surface area contributed by atoms with Gasteiger partial charge in [0.1, 0.15) is 17.3 Å². The quantitative estimate of drug-likeness (QED) is 0.168. The number of aromatic amines is 1. The maximum atomic E-state index is 13.0. The van der Waals surface area contributed by atoms with Gasteiger partial charge in [0.2, 0.25) is 0 Å². The van der Waals surface area contributed by atoms with Crippen LogP contribution >= 0.6 is 0 Å². The van der Waals surface area contributed by atoms with Crippen LogP contribution in [-0.2, 0) is 12.8 Å². The number of H-pyrrole nitrogens is 1. The Kier molecular flexibility index (Phi) is 6.54. The molecule has 33 heavy (non-hydrogen) atoms. The molecular weight excluding hydrogens is 421 g/mol. The Bertz CT molecular complexity index is 1270. The predicted molar refractivity (Wildman–Crippen MR) is 124 cm³/mol. The number of phenolic OH excluding ortho intramolecular Hbond substituents is 1. The molecule has 1 amide bonds. The summed E-state index contributed by atoms with van der Waals surface area (Å²) in [6.07, 6.45) is 0.955. The summed E-state index contributed by atoms with van der Waals surface area (Å²) in [4.78, 5) is 14.1. The van der Waals surface area contributed by atoms with E-state index in [9.17, 15) is 14.3 Å². The van der Waals surface area contributed by atoms with Gasteiger partial charge in [-0.05, 0) is 47.6 Å². The van der Waals surface area contributed by atoms with Gasteiger partial charge in [-0.1, -0.05) is 60.7 Å². The molecule has 0 aliphatic heterocycles. The topological polar surface area (TPSA) is 117 Å². The lowest BCUT2D eigenvalue weighted by molar-refractivity contribution is 0.231. The number of amides is 1. The van der Waals surface area contributed by atoms with Crippen molar-refractivity contribution >= 4 is 12.0 Å². The third kappa shape index (κ3) is 5.30. The molecule has 1 heterocycles. The van der Waals surface area contributed by atoms with Crippen LogP contribution in [0.4, 0.5) is 9.18 Å². The number of aliphatic imine (C=N–C) groups is 1. The molecule has 4 N–H and O–H groups in total. The Labute approximate surface area is 189 Å². The molecule has 1 atom stereocenters. The van der Waals surface area contributed by atoms with E-state index in [2.05, 4.69) is 20.4 Å². The largest absolute Gasteiger partial charge is 0.507 e. The number of nitrogens with two attached hydrogens (primary N) is 1. The number of carbonyl (C=O) groups is 1. The molecule has 7 nitrogen and oxygen atoms in total. The van der Waals surface area contributed by atoms with Crippen LogP contribution in [0, 0.1) is 0 Å². The maximum absolute atomic E-state index is 13.0. The van der Waals surface area contributed by atoms with Gasteiger partial charge in [0, 0.05) is 5.56 Å². The molecular formula is C25H22FN5O2. The zero-order valence-corrected chi connectivity index (χ0v) is 17.6. The second-order valence-corrected chi connectivity index (χ2v) is 7.64. The molecule has 0 aliphatic carbocycles. The summed E-state index contributed by atoms with van der Waals surface area (Å²) < 4.78 is 13.0. The van der Waals surface area contributed by atoms with Crippen LogP contribution < -0.4 is 5.73 Å². The standard InChI is InChI=1S/C25H22FN5O2/c26-25(33)29-24(27)23-20(10-5-11-22(23)32)19(12-16-6-2-1-3-7-16)14-17-8-4-9-18(13-17)21-15-28-31-30-21/h1-11,13,15,19,32H,12,14H2,(H2,27,29,33)(H,28,30,31). The first-order valence-electron chi connectivity index (χ1n) is 10.4. The van der Waals surface area contributed by atoms with Gasteiger partial charge in [-0.2, -0.15) is 20.4 Å². The molecule has 1 unspecified atom stereocenters. The van der Waals surface area contributed by atoms with Crippen molar-refractivity contribution in [3.05, 3.63) is 101 Å². The summed E-state index contributed by atoms with van der Waals surface area (Å²) in [6, 6.07) is 22.8. The Hall–Kier alpha value is -4.33. The van der Waals surface area contributed by atoms with E-state index in [4.69, 9.17) is 5.73 Å². The SMILES string of the molecule is NC(=NC(=O)F)c1c(O)cccc1C(Cc1ccccc1)Cc1cccc(-c2cn[nH]n2)c1. The van der Waals surface area contributed by atoms with E-state index in [-0.39, 0.29) is 23.1 Å². The van der Waals surface area contributed by atoms with Crippen LogP contribution in [0.15, 0.2) is 84.0 Å². The van der Waals surface area contributed by atoms with Crippen molar-refractivity contribution < 1.29 is 14.3 Å². The number of hydrogen-bond acceptors (Lipinski definition) is 4. The van der Waals surface area contributed by atoms with Crippen molar-refractivity contribution in [2.45, 2.75) is 18.8 Å². The molecule has 166 valence electrons. The summed E-state index contributed by atoms with van der Waals surface area (Å²) >= 11 is 0. The number of amidine groups is 1. The molecule has 0 spiro atoms. The minimum absolute atomic E-state index is 0.148. The van der Waals surface area contributed by atoms with E-state index in [1.54, 1.807) is 12.3 Å². The second-order valence-electron chi connectivity index (χ2n) is 7.64. The van der Waals surface area contributed by atoms with E-state index >= 15 is 0 Å². The predicted octanol–water partition coefficient (Wildman–Crippen LogP) is 4.54. The Balaban J connectivity index is 1.77. The van der Waals surface area contributed by atoms with Crippen molar-refractivity contribution in [1.29, 1.82) is 0 Å². The zero-order valence-electron chi connectivity index (χ0n) is 17.6. The normalized spacial score (nSPS) is 12.5. The number of nitrogens with zero attached hydrogens (tertiary/aromatic N) is 3. The Morgan fingerprint density at radius 3 is 2.48 bits per heavy atom. The van der Waals surface area contributed by atoms with Crippen molar-refractivity contribution in [1.82, 2.24) is 15.4 Å². The van der Waals surface area contributed by atoms with Crippen molar-refractivity contribution in [3.63, 3.8) is 0 Å². The molecule has 0 fully saturated rings. The van der Waals surface area contributed by atoms with Crippen LogP contribution in [0.1, 0.15) is 28.2 Å². The number of halogens is 1. The highest BCUT2D eigenvalue weighted by atomic mass is 19.1. The number of nitrogens with one attached hydrogen (secondary N) is 1. The number of aromatic hydroxyl groups is 1. The Morgan fingerprint density at radius 2 is 1.76 bits per heavy atom. The summed E-state index contributed by atoms with van der Waals surface area (Å²) in [6.45, 7) is 0. The molecule has 0 saturated heterocycles. The zero-order chi connectivity index (χ0) is 23.2. The van der Waals surface area contributed by atoms with Crippen molar-refractivity contribution in [3.8, 4) is 17.0 Å². The molecule has 0 radical (unpaired) electrons. The fourth-order valence-electron chi connectivity index (χ4n) is 4.00. The fourth-order valence-corrected chi connectivity index (χ4v) is 4.00. The van der Waals surface area contributed by atoms with Gasteiger partial charge in [0.15, 0.2) is 0 Å². The summed E-state index contributed by atoms with van der Waals surface area (Å²) in [7, 11) is 0.